The second-order valence-electron chi connectivity index (χ2n) is 9.76. The Kier molecular flexibility index (Phi) is 5.94. The van der Waals surface area contributed by atoms with Crippen LogP contribution in [0.2, 0.25) is 0 Å². The van der Waals surface area contributed by atoms with E-state index < -0.39 is 0 Å². The molecule has 4 nitrogen and oxygen atoms in total. The van der Waals surface area contributed by atoms with Crippen LogP contribution in [-0.2, 0) is 15.0 Å². The van der Waals surface area contributed by atoms with Gasteiger partial charge in [-0.3, -0.25) is 9.59 Å². The normalized spacial score (nSPS) is 14.4. The average Bonchev–Trinajstić information content (AvgIpc) is 3.03. The summed E-state index contributed by atoms with van der Waals surface area (Å²) in [7, 11) is 0. The summed E-state index contributed by atoms with van der Waals surface area (Å²) in [5.74, 6) is -0.302. The highest BCUT2D eigenvalue weighted by Crippen LogP contribution is 2.34. The molecule has 1 aliphatic heterocycles. The lowest BCUT2D eigenvalue weighted by atomic mass is 9.87. The predicted octanol–water partition coefficient (Wildman–Crippen LogP) is 6.50. The van der Waals surface area contributed by atoms with Gasteiger partial charge in [0.15, 0.2) is 0 Å². The van der Waals surface area contributed by atoms with Crippen LogP contribution in [0.1, 0.15) is 57.2 Å². The summed E-state index contributed by atoms with van der Waals surface area (Å²) in [6.07, 6.45) is 0. The number of carbonyl (C=O) groups excluding carboxylic acids is 2. The number of imide groups is 1. The fraction of sp³-hybridized carbons (Fsp3) is 0.241. The van der Waals surface area contributed by atoms with Crippen LogP contribution < -0.4 is 10.2 Å². The summed E-state index contributed by atoms with van der Waals surface area (Å²) >= 11 is 0. The molecule has 0 unspecified atom stereocenters. The molecule has 0 radical (unpaired) electrons. The molecule has 1 heterocycles. The number of benzene rings is 3. The number of hydrogen-bond donors (Lipinski definition) is 1. The minimum Gasteiger partial charge on any atom is -0.350 e. The maximum absolute atomic E-state index is 13.5. The van der Waals surface area contributed by atoms with E-state index >= 15 is 0 Å². The minimum absolute atomic E-state index is 0.0328. The van der Waals surface area contributed by atoms with E-state index in [1.165, 1.54) is 10.5 Å². The highest BCUT2D eigenvalue weighted by Gasteiger charge is 2.40. The van der Waals surface area contributed by atoms with E-state index in [4.69, 9.17) is 0 Å². The van der Waals surface area contributed by atoms with Gasteiger partial charge in [0, 0.05) is 5.69 Å². The Morgan fingerprint density at radius 3 is 1.91 bits per heavy atom. The Hall–Kier alpha value is -3.66. The van der Waals surface area contributed by atoms with Gasteiger partial charge in [0.2, 0.25) is 0 Å². The van der Waals surface area contributed by atoms with E-state index in [9.17, 15) is 9.59 Å². The lowest BCUT2D eigenvalue weighted by Gasteiger charge is -2.19. The van der Waals surface area contributed by atoms with Gasteiger partial charge >= 0.3 is 0 Å². The first-order chi connectivity index (χ1) is 15.7. The van der Waals surface area contributed by atoms with Gasteiger partial charge in [0.25, 0.3) is 11.8 Å². The first kappa shape index (κ1) is 22.5. The molecule has 4 heteroatoms. The smallest absolute Gasteiger partial charge is 0.282 e. The Labute approximate surface area is 195 Å². The number of rotatable bonds is 5. The topological polar surface area (TPSA) is 49.4 Å². The van der Waals surface area contributed by atoms with Crippen molar-refractivity contribution in [1.82, 2.24) is 0 Å². The molecular formula is C29H30N2O2. The van der Waals surface area contributed by atoms with E-state index in [-0.39, 0.29) is 17.2 Å². The quantitative estimate of drug-likeness (QED) is 0.462. The molecule has 33 heavy (non-hydrogen) atoms. The zero-order chi connectivity index (χ0) is 23.8. The second-order valence-corrected chi connectivity index (χ2v) is 9.76. The molecule has 0 bridgehead atoms. The molecule has 1 aliphatic rings. The van der Waals surface area contributed by atoms with Crippen molar-refractivity contribution < 1.29 is 9.59 Å². The van der Waals surface area contributed by atoms with E-state index in [1.807, 2.05) is 66.7 Å². The Morgan fingerprint density at radius 2 is 1.36 bits per heavy atom. The SMILES string of the molecule is CC(C)c1ccc(N2C(=O)C(Nc3ccc(C(C)(C)C)cc3)=C(c3ccccc3)C2=O)cc1. The van der Waals surface area contributed by atoms with Crippen LogP contribution >= 0.6 is 0 Å². The van der Waals surface area contributed by atoms with Gasteiger partial charge in [-0.05, 0) is 52.3 Å². The van der Waals surface area contributed by atoms with E-state index in [0.29, 0.717) is 28.4 Å². The molecule has 4 rings (SSSR count). The Balaban J connectivity index is 1.73. The van der Waals surface area contributed by atoms with Gasteiger partial charge in [0.1, 0.15) is 5.70 Å². The van der Waals surface area contributed by atoms with Gasteiger partial charge < -0.3 is 5.32 Å². The van der Waals surface area contributed by atoms with Crippen LogP contribution in [0.3, 0.4) is 0 Å². The van der Waals surface area contributed by atoms with E-state index in [2.05, 4.69) is 52.1 Å². The van der Waals surface area contributed by atoms with Crippen molar-refractivity contribution in [3.8, 4) is 0 Å². The van der Waals surface area contributed by atoms with Crippen molar-refractivity contribution >= 4 is 28.8 Å². The summed E-state index contributed by atoms with van der Waals surface area (Å²) in [5, 5.41) is 3.25. The average molecular weight is 439 g/mol. The van der Waals surface area contributed by atoms with Crippen LogP contribution in [0.15, 0.2) is 84.6 Å². The second kappa shape index (κ2) is 8.70. The molecule has 0 saturated heterocycles. The zero-order valence-electron chi connectivity index (χ0n) is 19.8. The highest BCUT2D eigenvalue weighted by atomic mass is 16.2. The third kappa shape index (κ3) is 4.47. The Bertz CT molecular complexity index is 1200. The van der Waals surface area contributed by atoms with Crippen molar-refractivity contribution in [2.24, 2.45) is 0 Å². The van der Waals surface area contributed by atoms with Gasteiger partial charge in [-0.25, -0.2) is 4.90 Å². The number of nitrogens with one attached hydrogen (secondary N) is 1. The molecule has 1 N–H and O–H groups in total. The fourth-order valence-corrected chi connectivity index (χ4v) is 3.96. The first-order valence-corrected chi connectivity index (χ1v) is 11.3. The third-order valence-corrected chi connectivity index (χ3v) is 5.98. The molecule has 2 amide bonds. The number of nitrogens with zero attached hydrogens (tertiary/aromatic N) is 1. The van der Waals surface area contributed by atoms with E-state index in [0.717, 1.165) is 11.3 Å². The van der Waals surface area contributed by atoms with Gasteiger partial charge in [-0.15, -0.1) is 0 Å². The monoisotopic (exact) mass is 438 g/mol. The van der Waals surface area contributed by atoms with Crippen molar-refractivity contribution in [2.75, 3.05) is 10.2 Å². The minimum atomic E-state index is -0.351. The molecule has 0 fully saturated rings. The van der Waals surface area contributed by atoms with Crippen molar-refractivity contribution in [2.45, 2.75) is 46.0 Å². The molecule has 3 aromatic rings. The molecular weight excluding hydrogens is 408 g/mol. The summed E-state index contributed by atoms with van der Waals surface area (Å²) in [6.45, 7) is 10.7. The fourth-order valence-electron chi connectivity index (χ4n) is 3.96. The first-order valence-electron chi connectivity index (χ1n) is 11.3. The molecule has 0 aromatic heterocycles. The van der Waals surface area contributed by atoms with Crippen molar-refractivity contribution in [3.63, 3.8) is 0 Å². The number of anilines is 2. The number of carbonyl (C=O) groups is 2. The largest absolute Gasteiger partial charge is 0.350 e. The molecule has 0 spiro atoms. The lowest BCUT2D eigenvalue weighted by molar-refractivity contribution is -0.120. The third-order valence-electron chi connectivity index (χ3n) is 5.98. The van der Waals surface area contributed by atoms with Crippen LogP contribution in [0.5, 0.6) is 0 Å². The molecule has 0 aliphatic carbocycles. The molecule has 0 saturated carbocycles. The summed E-state index contributed by atoms with van der Waals surface area (Å²) < 4.78 is 0. The van der Waals surface area contributed by atoms with Crippen LogP contribution in [-0.4, -0.2) is 11.8 Å². The van der Waals surface area contributed by atoms with Crippen LogP contribution in [0, 0.1) is 0 Å². The highest BCUT2D eigenvalue weighted by molar-refractivity contribution is 6.46. The van der Waals surface area contributed by atoms with Gasteiger partial charge in [-0.1, -0.05) is 89.2 Å². The lowest BCUT2D eigenvalue weighted by Crippen LogP contribution is -2.32. The molecule has 168 valence electrons. The summed E-state index contributed by atoms with van der Waals surface area (Å²) in [6, 6.07) is 25.0. The predicted molar refractivity (Wildman–Crippen MR) is 135 cm³/mol. The maximum atomic E-state index is 13.5. The standard InChI is InChI=1S/C29H30N2O2/c1-19(2)20-11-17-24(18-12-20)31-27(32)25(21-9-7-6-8-10-21)26(28(31)33)30-23-15-13-22(14-16-23)29(3,4)5/h6-19,30H,1-5H3. The van der Waals surface area contributed by atoms with Crippen molar-refractivity contribution in [1.29, 1.82) is 0 Å². The summed E-state index contributed by atoms with van der Waals surface area (Å²) in [5.41, 5.74) is 5.12. The number of hydrogen-bond acceptors (Lipinski definition) is 3. The Morgan fingerprint density at radius 1 is 0.758 bits per heavy atom. The summed E-state index contributed by atoms with van der Waals surface area (Å²) in [4.78, 5) is 28.3. The van der Waals surface area contributed by atoms with Crippen LogP contribution in [0.4, 0.5) is 11.4 Å². The van der Waals surface area contributed by atoms with Crippen molar-refractivity contribution in [3.05, 3.63) is 101 Å². The van der Waals surface area contributed by atoms with Crippen LogP contribution in [0.25, 0.3) is 5.57 Å². The van der Waals surface area contributed by atoms with Gasteiger partial charge in [0.05, 0.1) is 11.3 Å². The zero-order valence-corrected chi connectivity index (χ0v) is 19.8. The van der Waals surface area contributed by atoms with E-state index in [1.54, 1.807) is 0 Å². The maximum Gasteiger partial charge on any atom is 0.282 e. The van der Waals surface area contributed by atoms with Gasteiger partial charge in [-0.2, -0.15) is 0 Å². The number of amides is 2. The molecule has 0 atom stereocenters. The molecule has 3 aromatic carbocycles.